The van der Waals surface area contributed by atoms with Gasteiger partial charge in [0.25, 0.3) is 0 Å². The molecular weight excluding hydrogens is 248 g/mol. The maximum absolute atomic E-state index is 11.8. The van der Waals surface area contributed by atoms with Crippen molar-refractivity contribution in [3.8, 4) is 0 Å². The van der Waals surface area contributed by atoms with E-state index in [9.17, 15) is 4.79 Å². The highest BCUT2D eigenvalue weighted by molar-refractivity contribution is 5.84. The molecule has 3 rings (SSSR count). The Morgan fingerprint density at radius 2 is 1.95 bits per heavy atom. The number of carbonyl (C=O) groups excluding carboxylic acids is 1. The lowest BCUT2D eigenvalue weighted by atomic mass is 10.1. The smallest absolute Gasteiger partial charge is 0.412 e. The number of ether oxygens (including phenoxy) is 3. The Bertz CT molecular complexity index is 453. The molecule has 1 aromatic rings. The van der Waals surface area contributed by atoms with E-state index >= 15 is 0 Å². The number of nitrogens with two attached hydrogens (primary N) is 1. The predicted molar refractivity (Wildman–Crippen MR) is 67.8 cm³/mol. The fraction of sp³-hybridized carbons (Fsp3) is 0.462. The highest BCUT2D eigenvalue weighted by Gasteiger charge is 2.48. The van der Waals surface area contributed by atoms with E-state index in [0.29, 0.717) is 18.9 Å². The van der Waals surface area contributed by atoms with Crippen molar-refractivity contribution in [1.29, 1.82) is 0 Å². The van der Waals surface area contributed by atoms with Crippen LogP contribution < -0.4 is 11.1 Å². The molecule has 102 valence electrons. The third-order valence-electron chi connectivity index (χ3n) is 3.32. The minimum atomic E-state index is -0.510. The van der Waals surface area contributed by atoms with Gasteiger partial charge < -0.3 is 19.9 Å². The van der Waals surface area contributed by atoms with Gasteiger partial charge in [0.15, 0.2) is 6.10 Å². The lowest BCUT2D eigenvalue weighted by Crippen LogP contribution is -2.38. The molecule has 2 heterocycles. The zero-order valence-corrected chi connectivity index (χ0v) is 10.3. The van der Waals surface area contributed by atoms with E-state index in [-0.39, 0.29) is 18.2 Å². The van der Waals surface area contributed by atoms with E-state index in [4.69, 9.17) is 19.9 Å². The Hall–Kier alpha value is -1.63. The lowest BCUT2D eigenvalue weighted by Gasteiger charge is -2.17. The summed E-state index contributed by atoms with van der Waals surface area (Å²) in [4.78, 5) is 11.8. The number of carbonyl (C=O) groups is 1. The predicted octanol–water partition coefficient (Wildman–Crippen LogP) is 0.729. The van der Waals surface area contributed by atoms with Gasteiger partial charge >= 0.3 is 6.09 Å². The summed E-state index contributed by atoms with van der Waals surface area (Å²) in [6, 6.07) is 8.98. The van der Waals surface area contributed by atoms with Crippen LogP contribution in [-0.4, -0.2) is 43.7 Å². The molecule has 1 amide bonds. The summed E-state index contributed by atoms with van der Waals surface area (Å²) in [7, 11) is 0. The Balaban J connectivity index is 1.56. The van der Waals surface area contributed by atoms with Crippen molar-refractivity contribution in [3.63, 3.8) is 0 Å². The van der Waals surface area contributed by atoms with Gasteiger partial charge in [-0.05, 0) is 12.1 Å². The maximum Gasteiger partial charge on any atom is 0.412 e. The first-order chi connectivity index (χ1) is 9.24. The Kier molecular flexibility index (Phi) is 3.37. The third-order valence-corrected chi connectivity index (χ3v) is 3.32. The van der Waals surface area contributed by atoms with Crippen LogP contribution in [0.2, 0.25) is 0 Å². The number of benzene rings is 1. The fourth-order valence-electron chi connectivity index (χ4n) is 2.40. The number of amides is 1. The first-order valence-corrected chi connectivity index (χ1v) is 6.25. The first kappa shape index (κ1) is 12.4. The summed E-state index contributed by atoms with van der Waals surface area (Å²) in [6.07, 6.45) is -1.34. The Morgan fingerprint density at radius 3 is 2.74 bits per heavy atom. The second-order valence-electron chi connectivity index (χ2n) is 4.69. The summed E-state index contributed by atoms with van der Waals surface area (Å²) in [6.45, 7) is 0.765. The number of rotatable bonds is 2. The molecule has 6 heteroatoms. The van der Waals surface area contributed by atoms with Crippen molar-refractivity contribution < 1.29 is 19.0 Å². The number of fused-ring (bicyclic) bond motifs is 1. The Morgan fingerprint density at radius 1 is 1.21 bits per heavy atom. The van der Waals surface area contributed by atoms with E-state index < -0.39 is 12.2 Å². The van der Waals surface area contributed by atoms with Gasteiger partial charge in [-0.3, -0.25) is 5.32 Å². The van der Waals surface area contributed by atoms with Gasteiger partial charge in [0.05, 0.1) is 19.3 Å². The van der Waals surface area contributed by atoms with Crippen LogP contribution in [0.25, 0.3) is 0 Å². The number of anilines is 1. The Labute approximate surface area is 110 Å². The van der Waals surface area contributed by atoms with E-state index in [1.54, 1.807) is 12.1 Å². The van der Waals surface area contributed by atoms with Crippen LogP contribution in [0.15, 0.2) is 30.3 Å². The van der Waals surface area contributed by atoms with Crippen molar-refractivity contribution in [2.45, 2.75) is 24.4 Å². The monoisotopic (exact) mass is 264 g/mol. The molecule has 2 aliphatic heterocycles. The molecule has 0 bridgehead atoms. The minimum absolute atomic E-state index is 0.143. The van der Waals surface area contributed by atoms with E-state index in [2.05, 4.69) is 5.32 Å². The molecular formula is C13H16N2O4. The SMILES string of the molecule is N[C@H]1CO[C@H]2[C@@H]1OC[C@H]2OC(=O)Nc1ccccc1. The van der Waals surface area contributed by atoms with E-state index in [0.717, 1.165) is 0 Å². The molecule has 2 aliphatic rings. The molecule has 0 aliphatic carbocycles. The lowest BCUT2D eigenvalue weighted by molar-refractivity contribution is 0.00900. The van der Waals surface area contributed by atoms with Crippen molar-refractivity contribution in [1.82, 2.24) is 0 Å². The normalized spacial score (nSPS) is 32.9. The molecule has 0 unspecified atom stereocenters. The van der Waals surface area contributed by atoms with Gasteiger partial charge in [0.1, 0.15) is 12.2 Å². The van der Waals surface area contributed by atoms with Crippen LogP contribution in [0.4, 0.5) is 10.5 Å². The summed E-state index contributed by atoms with van der Waals surface area (Å²) < 4.78 is 16.3. The second kappa shape index (κ2) is 5.16. The molecule has 1 aromatic carbocycles. The molecule has 2 saturated heterocycles. The first-order valence-electron chi connectivity index (χ1n) is 6.25. The molecule has 3 N–H and O–H groups in total. The van der Waals surface area contributed by atoms with Crippen LogP contribution in [0, 0.1) is 0 Å². The van der Waals surface area contributed by atoms with Crippen molar-refractivity contribution in [2.75, 3.05) is 18.5 Å². The molecule has 0 spiro atoms. The zero-order chi connectivity index (χ0) is 13.2. The average molecular weight is 264 g/mol. The standard InChI is InChI=1S/C13H16N2O4/c14-9-6-17-12-10(7-18-11(9)12)19-13(16)15-8-4-2-1-3-5-8/h1-5,9-12H,6-7,14H2,(H,15,16)/t9-,10+,11+,12+/m0/s1. The quantitative estimate of drug-likeness (QED) is 0.822. The zero-order valence-electron chi connectivity index (χ0n) is 10.3. The van der Waals surface area contributed by atoms with Gasteiger partial charge in [-0.25, -0.2) is 4.79 Å². The molecule has 2 fully saturated rings. The highest BCUT2D eigenvalue weighted by atomic mass is 16.6. The number of hydrogen-bond acceptors (Lipinski definition) is 5. The fourth-order valence-corrected chi connectivity index (χ4v) is 2.40. The number of para-hydroxylation sites is 1. The van der Waals surface area contributed by atoms with Gasteiger partial charge in [-0.2, -0.15) is 0 Å². The molecule has 19 heavy (non-hydrogen) atoms. The molecule has 0 radical (unpaired) electrons. The molecule has 0 saturated carbocycles. The maximum atomic E-state index is 11.8. The topological polar surface area (TPSA) is 82.8 Å². The van der Waals surface area contributed by atoms with Crippen LogP contribution in [0.3, 0.4) is 0 Å². The summed E-state index contributed by atoms with van der Waals surface area (Å²) in [5.41, 5.74) is 6.52. The van der Waals surface area contributed by atoms with Crippen molar-refractivity contribution in [2.24, 2.45) is 5.73 Å². The van der Waals surface area contributed by atoms with Gasteiger partial charge in [0.2, 0.25) is 0 Å². The van der Waals surface area contributed by atoms with Crippen LogP contribution >= 0.6 is 0 Å². The van der Waals surface area contributed by atoms with Crippen molar-refractivity contribution >= 4 is 11.8 Å². The van der Waals surface area contributed by atoms with Crippen LogP contribution in [-0.2, 0) is 14.2 Å². The van der Waals surface area contributed by atoms with Gasteiger partial charge in [-0.15, -0.1) is 0 Å². The largest absolute Gasteiger partial charge is 0.441 e. The average Bonchev–Trinajstić information content (AvgIpc) is 2.96. The summed E-state index contributed by atoms with van der Waals surface area (Å²) in [5, 5.41) is 2.66. The van der Waals surface area contributed by atoms with Gasteiger partial charge in [-0.1, -0.05) is 18.2 Å². The van der Waals surface area contributed by atoms with E-state index in [1.165, 1.54) is 0 Å². The number of hydrogen-bond donors (Lipinski definition) is 2. The third kappa shape index (κ3) is 2.56. The minimum Gasteiger partial charge on any atom is -0.441 e. The van der Waals surface area contributed by atoms with Crippen molar-refractivity contribution in [3.05, 3.63) is 30.3 Å². The van der Waals surface area contributed by atoms with E-state index in [1.807, 2.05) is 18.2 Å². The highest BCUT2D eigenvalue weighted by Crippen LogP contribution is 2.28. The van der Waals surface area contributed by atoms with Crippen LogP contribution in [0.5, 0.6) is 0 Å². The summed E-state index contributed by atoms with van der Waals surface area (Å²) >= 11 is 0. The van der Waals surface area contributed by atoms with Gasteiger partial charge in [0, 0.05) is 5.69 Å². The van der Waals surface area contributed by atoms with Crippen LogP contribution in [0.1, 0.15) is 0 Å². The molecule has 4 atom stereocenters. The second-order valence-corrected chi connectivity index (χ2v) is 4.69. The molecule has 0 aromatic heterocycles. The summed E-state index contributed by atoms with van der Waals surface area (Å²) in [5.74, 6) is 0. The molecule has 6 nitrogen and oxygen atoms in total. The number of nitrogens with one attached hydrogen (secondary N) is 1.